The minimum Gasteiger partial charge on any atom is -0.381 e. The van der Waals surface area contributed by atoms with Gasteiger partial charge in [-0.2, -0.15) is 0 Å². The minimum atomic E-state index is 0.252. The topological polar surface area (TPSA) is 38.5 Å². The molecule has 2 unspecified atom stereocenters. The molecule has 124 valence electrons. The largest absolute Gasteiger partial charge is 0.381 e. The van der Waals surface area contributed by atoms with Crippen molar-refractivity contribution in [3.05, 3.63) is 0 Å². The summed E-state index contributed by atoms with van der Waals surface area (Å²) in [6.45, 7) is 8.68. The number of nitrogens with zero attached hydrogens (tertiary/aromatic N) is 1. The Kier molecular flexibility index (Phi) is 6.51. The first kappa shape index (κ1) is 17.2. The van der Waals surface area contributed by atoms with Gasteiger partial charge in [0.15, 0.2) is 0 Å². The molecule has 0 amide bonds. The molecule has 1 heterocycles. The SMILES string of the molecule is CC(C)C1CCCC(CN)(N(C)CC2CCOCC2)CC1. The summed E-state index contributed by atoms with van der Waals surface area (Å²) in [7, 11) is 2.32. The molecule has 3 nitrogen and oxygen atoms in total. The Morgan fingerprint density at radius 3 is 2.48 bits per heavy atom. The number of nitrogens with two attached hydrogens (primary N) is 1. The zero-order valence-corrected chi connectivity index (χ0v) is 14.4. The van der Waals surface area contributed by atoms with Gasteiger partial charge in [0, 0.05) is 31.8 Å². The van der Waals surface area contributed by atoms with Gasteiger partial charge in [0.1, 0.15) is 0 Å². The van der Waals surface area contributed by atoms with Crippen molar-refractivity contribution in [1.29, 1.82) is 0 Å². The summed E-state index contributed by atoms with van der Waals surface area (Å²) in [6, 6.07) is 0. The van der Waals surface area contributed by atoms with Gasteiger partial charge in [0.25, 0.3) is 0 Å². The summed E-state index contributed by atoms with van der Waals surface area (Å²) in [5, 5.41) is 0. The lowest BCUT2D eigenvalue weighted by Crippen LogP contribution is -2.53. The smallest absolute Gasteiger partial charge is 0.0469 e. The maximum atomic E-state index is 6.27. The molecule has 2 aliphatic rings. The van der Waals surface area contributed by atoms with Crippen LogP contribution in [0.5, 0.6) is 0 Å². The van der Waals surface area contributed by atoms with E-state index >= 15 is 0 Å². The highest BCUT2D eigenvalue weighted by Gasteiger charge is 2.37. The zero-order chi connectivity index (χ0) is 15.3. The molecule has 2 N–H and O–H groups in total. The summed E-state index contributed by atoms with van der Waals surface area (Å²) < 4.78 is 5.50. The van der Waals surface area contributed by atoms with Crippen LogP contribution in [-0.4, -0.2) is 43.8 Å². The van der Waals surface area contributed by atoms with E-state index in [4.69, 9.17) is 10.5 Å². The van der Waals surface area contributed by atoms with Gasteiger partial charge in [-0.15, -0.1) is 0 Å². The molecule has 0 aromatic heterocycles. The molecule has 0 aromatic carbocycles. The van der Waals surface area contributed by atoms with Crippen LogP contribution >= 0.6 is 0 Å². The van der Waals surface area contributed by atoms with E-state index in [0.29, 0.717) is 0 Å². The van der Waals surface area contributed by atoms with Gasteiger partial charge in [-0.3, -0.25) is 4.90 Å². The highest BCUT2D eigenvalue weighted by Crippen LogP contribution is 2.37. The third-order valence-corrected chi connectivity index (χ3v) is 6.20. The highest BCUT2D eigenvalue weighted by atomic mass is 16.5. The molecule has 2 rings (SSSR count). The van der Waals surface area contributed by atoms with Crippen LogP contribution in [-0.2, 0) is 4.74 Å². The standard InChI is InChI=1S/C18H36N2O/c1-15(2)17-5-4-9-18(14-19,10-6-17)20(3)13-16-7-11-21-12-8-16/h15-17H,4-14,19H2,1-3H3. The van der Waals surface area contributed by atoms with Crippen molar-refractivity contribution in [1.82, 2.24) is 4.90 Å². The summed E-state index contributed by atoms with van der Waals surface area (Å²) >= 11 is 0. The predicted molar refractivity (Wildman–Crippen MR) is 89.4 cm³/mol. The lowest BCUT2D eigenvalue weighted by Gasteiger charge is -2.43. The Morgan fingerprint density at radius 1 is 1.14 bits per heavy atom. The molecule has 21 heavy (non-hydrogen) atoms. The molecule has 0 bridgehead atoms. The first-order chi connectivity index (χ1) is 10.1. The molecule has 0 spiro atoms. The second-order valence-electron chi connectivity index (χ2n) is 7.80. The van der Waals surface area contributed by atoms with Crippen LogP contribution in [0.15, 0.2) is 0 Å². The second-order valence-corrected chi connectivity index (χ2v) is 7.80. The fraction of sp³-hybridized carbons (Fsp3) is 1.00. The van der Waals surface area contributed by atoms with Gasteiger partial charge in [-0.1, -0.05) is 26.7 Å². The lowest BCUT2D eigenvalue weighted by atomic mass is 9.85. The van der Waals surface area contributed by atoms with Crippen LogP contribution in [0.25, 0.3) is 0 Å². The maximum absolute atomic E-state index is 6.27. The molecule has 1 saturated carbocycles. The van der Waals surface area contributed by atoms with E-state index in [0.717, 1.165) is 37.5 Å². The van der Waals surface area contributed by atoms with Crippen molar-refractivity contribution in [3.8, 4) is 0 Å². The normalized spacial score (nSPS) is 32.6. The van der Waals surface area contributed by atoms with Gasteiger partial charge < -0.3 is 10.5 Å². The molecule has 1 aliphatic heterocycles. The van der Waals surface area contributed by atoms with Crippen LogP contribution in [0.2, 0.25) is 0 Å². The monoisotopic (exact) mass is 296 g/mol. The molecule has 1 saturated heterocycles. The number of rotatable bonds is 5. The molecule has 3 heteroatoms. The van der Waals surface area contributed by atoms with Crippen LogP contribution < -0.4 is 5.73 Å². The summed E-state index contributed by atoms with van der Waals surface area (Å²) in [5.41, 5.74) is 6.52. The number of hydrogen-bond donors (Lipinski definition) is 1. The maximum Gasteiger partial charge on any atom is 0.0469 e. The third-order valence-electron chi connectivity index (χ3n) is 6.20. The Morgan fingerprint density at radius 2 is 1.86 bits per heavy atom. The fourth-order valence-electron chi connectivity index (χ4n) is 4.33. The van der Waals surface area contributed by atoms with Crippen molar-refractivity contribution in [2.75, 3.05) is 33.4 Å². The van der Waals surface area contributed by atoms with E-state index in [9.17, 15) is 0 Å². The first-order valence-electron chi connectivity index (χ1n) is 9.06. The number of ether oxygens (including phenoxy) is 1. The Hall–Kier alpha value is -0.120. The van der Waals surface area contributed by atoms with Gasteiger partial charge in [-0.25, -0.2) is 0 Å². The van der Waals surface area contributed by atoms with E-state index in [1.807, 2.05) is 0 Å². The summed E-state index contributed by atoms with van der Waals surface area (Å²) in [6.07, 6.45) is 9.10. The van der Waals surface area contributed by atoms with Gasteiger partial charge in [-0.05, 0) is 56.9 Å². The summed E-state index contributed by atoms with van der Waals surface area (Å²) in [4.78, 5) is 2.62. The average molecular weight is 296 g/mol. The molecular formula is C18H36N2O. The van der Waals surface area contributed by atoms with Crippen LogP contribution in [0, 0.1) is 17.8 Å². The van der Waals surface area contributed by atoms with Crippen LogP contribution in [0.3, 0.4) is 0 Å². The first-order valence-corrected chi connectivity index (χ1v) is 9.06. The highest BCUT2D eigenvalue weighted by molar-refractivity contribution is 4.94. The van der Waals surface area contributed by atoms with Crippen molar-refractivity contribution in [2.24, 2.45) is 23.5 Å². The Balaban J connectivity index is 1.95. The van der Waals surface area contributed by atoms with Gasteiger partial charge in [0.2, 0.25) is 0 Å². The van der Waals surface area contributed by atoms with Crippen LogP contribution in [0.4, 0.5) is 0 Å². The molecule has 0 aromatic rings. The van der Waals surface area contributed by atoms with E-state index in [-0.39, 0.29) is 5.54 Å². The Bertz CT molecular complexity index is 302. The zero-order valence-electron chi connectivity index (χ0n) is 14.4. The molecule has 0 radical (unpaired) electrons. The fourth-order valence-corrected chi connectivity index (χ4v) is 4.33. The average Bonchev–Trinajstić information content (AvgIpc) is 2.71. The molecular weight excluding hydrogens is 260 g/mol. The second kappa shape index (κ2) is 7.94. The van der Waals surface area contributed by atoms with Gasteiger partial charge in [0.05, 0.1) is 0 Å². The lowest BCUT2D eigenvalue weighted by molar-refractivity contribution is 0.0292. The molecule has 2 atom stereocenters. The van der Waals surface area contributed by atoms with Crippen molar-refractivity contribution >= 4 is 0 Å². The summed E-state index contributed by atoms with van der Waals surface area (Å²) in [5.74, 6) is 2.52. The van der Waals surface area contributed by atoms with E-state index in [1.54, 1.807) is 0 Å². The number of likely N-dealkylation sites (N-methyl/N-ethyl adjacent to an activating group) is 1. The van der Waals surface area contributed by atoms with Crippen molar-refractivity contribution in [3.63, 3.8) is 0 Å². The molecule has 1 aliphatic carbocycles. The predicted octanol–water partition coefficient (Wildman–Crippen LogP) is 3.28. The minimum absolute atomic E-state index is 0.252. The molecule has 2 fully saturated rings. The van der Waals surface area contributed by atoms with E-state index in [1.165, 1.54) is 51.5 Å². The van der Waals surface area contributed by atoms with Crippen molar-refractivity contribution in [2.45, 2.75) is 64.3 Å². The van der Waals surface area contributed by atoms with Crippen LogP contribution in [0.1, 0.15) is 58.8 Å². The Labute approximate surface area is 131 Å². The van der Waals surface area contributed by atoms with Crippen molar-refractivity contribution < 1.29 is 4.74 Å². The van der Waals surface area contributed by atoms with E-state index < -0.39 is 0 Å². The van der Waals surface area contributed by atoms with E-state index in [2.05, 4.69) is 25.8 Å². The van der Waals surface area contributed by atoms with Gasteiger partial charge >= 0.3 is 0 Å². The third kappa shape index (κ3) is 4.43. The number of hydrogen-bond acceptors (Lipinski definition) is 3. The quantitative estimate of drug-likeness (QED) is 0.791.